The third-order valence-corrected chi connectivity index (χ3v) is 6.49. The van der Waals surface area contributed by atoms with E-state index in [1.54, 1.807) is 24.3 Å². The Labute approximate surface area is 215 Å². The zero-order chi connectivity index (χ0) is 26.4. The SMILES string of the molecule is COc1cc(/C=C2/SC(NCCN3CCOCC3)=NC2=O)ccc1Oc1ccc(C#N)cc1C(F)(F)F. The van der Waals surface area contributed by atoms with Gasteiger partial charge in [0.1, 0.15) is 5.75 Å². The standard InChI is InChI=1S/C25H23F3N4O4S/c1-34-21-13-16(2-5-20(21)36-19-4-3-17(15-29)12-18(19)25(26,27)28)14-22-23(33)31-24(37-22)30-6-7-32-8-10-35-11-9-32/h2-5,12-14H,6-11H2,1H3,(H,30,31,33)/b22-14+. The van der Waals surface area contributed by atoms with Crippen molar-refractivity contribution in [2.45, 2.75) is 6.18 Å². The maximum absolute atomic E-state index is 13.5. The Morgan fingerprint density at radius 2 is 1.95 bits per heavy atom. The molecule has 0 atom stereocenters. The summed E-state index contributed by atoms with van der Waals surface area (Å²) < 4.78 is 56.7. The summed E-state index contributed by atoms with van der Waals surface area (Å²) in [6, 6.07) is 9.36. The highest BCUT2D eigenvalue weighted by atomic mass is 32.2. The van der Waals surface area contributed by atoms with Gasteiger partial charge in [0.25, 0.3) is 5.91 Å². The number of thioether (sulfide) groups is 1. The van der Waals surface area contributed by atoms with E-state index in [0.29, 0.717) is 35.4 Å². The number of carbonyl (C=O) groups excluding carboxylic acids is 1. The summed E-state index contributed by atoms with van der Waals surface area (Å²) in [5, 5.41) is 12.6. The van der Waals surface area contributed by atoms with Crippen molar-refractivity contribution in [3.8, 4) is 23.3 Å². The number of nitriles is 1. The van der Waals surface area contributed by atoms with Crippen LogP contribution in [0.15, 0.2) is 46.3 Å². The first-order valence-corrected chi connectivity index (χ1v) is 12.1. The van der Waals surface area contributed by atoms with E-state index in [1.807, 2.05) is 0 Å². The number of halogens is 3. The van der Waals surface area contributed by atoms with Crippen LogP contribution in [0.25, 0.3) is 6.08 Å². The molecule has 1 N–H and O–H groups in total. The maximum atomic E-state index is 13.5. The number of hydrogen-bond donors (Lipinski definition) is 1. The van der Waals surface area contributed by atoms with E-state index in [-0.39, 0.29) is 23.0 Å². The monoisotopic (exact) mass is 532 g/mol. The van der Waals surface area contributed by atoms with Crippen LogP contribution in [0.5, 0.6) is 17.2 Å². The Bertz CT molecular complexity index is 1270. The van der Waals surface area contributed by atoms with Gasteiger partial charge < -0.3 is 19.5 Å². The minimum absolute atomic E-state index is 0.0481. The van der Waals surface area contributed by atoms with Crippen LogP contribution >= 0.6 is 11.8 Å². The first kappa shape index (κ1) is 26.5. The second-order valence-electron chi connectivity index (χ2n) is 8.05. The molecule has 12 heteroatoms. The molecular weight excluding hydrogens is 509 g/mol. The zero-order valence-corrected chi connectivity index (χ0v) is 20.6. The number of nitrogens with one attached hydrogen (secondary N) is 1. The number of amides is 1. The number of nitrogens with zero attached hydrogens (tertiary/aromatic N) is 3. The van der Waals surface area contributed by atoms with Gasteiger partial charge >= 0.3 is 6.18 Å². The maximum Gasteiger partial charge on any atom is 0.420 e. The predicted molar refractivity (Wildman–Crippen MR) is 132 cm³/mol. The molecule has 0 aromatic heterocycles. The number of hydrogen-bond acceptors (Lipinski definition) is 8. The van der Waals surface area contributed by atoms with Crippen molar-refractivity contribution in [2.75, 3.05) is 46.5 Å². The Morgan fingerprint density at radius 3 is 2.65 bits per heavy atom. The van der Waals surface area contributed by atoms with Gasteiger partial charge in [-0.25, -0.2) is 0 Å². The molecule has 4 rings (SSSR count). The minimum Gasteiger partial charge on any atom is -0.493 e. The van der Waals surface area contributed by atoms with Crippen molar-refractivity contribution in [3.05, 3.63) is 58.0 Å². The molecule has 0 aliphatic carbocycles. The van der Waals surface area contributed by atoms with Gasteiger partial charge in [0.2, 0.25) is 0 Å². The summed E-state index contributed by atoms with van der Waals surface area (Å²) in [5.41, 5.74) is -0.622. The lowest BCUT2D eigenvalue weighted by molar-refractivity contribution is -0.138. The van der Waals surface area contributed by atoms with Crippen molar-refractivity contribution >= 4 is 28.9 Å². The van der Waals surface area contributed by atoms with Crippen molar-refractivity contribution in [3.63, 3.8) is 0 Å². The lowest BCUT2D eigenvalue weighted by atomic mass is 10.1. The van der Waals surface area contributed by atoms with E-state index in [4.69, 9.17) is 19.5 Å². The summed E-state index contributed by atoms with van der Waals surface area (Å²) >= 11 is 1.21. The fraction of sp³-hybridized carbons (Fsp3) is 0.320. The normalized spacial score (nSPS) is 17.4. The lowest BCUT2D eigenvalue weighted by Crippen LogP contribution is -2.40. The molecule has 0 radical (unpaired) electrons. The van der Waals surface area contributed by atoms with Gasteiger partial charge in [-0.1, -0.05) is 6.07 Å². The largest absolute Gasteiger partial charge is 0.493 e. The summed E-state index contributed by atoms with van der Waals surface area (Å²) in [5.74, 6) is -0.622. The van der Waals surface area contributed by atoms with Gasteiger partial charge in [-0.05, 0) is 53.7 Å². The topological polar surface area (TPSA) is 96.2 Å². The van der Waals surface area contributed by atoms with E-state index >= 15 is 0 Å². The Balaban J connectivity index is 1.44. The molecule has 2 heterocycles. The molecule has 0 unspecified atom stereocenters. The highest BCUT2D eigenvalue weighted by Crippen LogP contribution is 2.41. The summed E-state index contributed by atoms with van der Waals surface area (Å²) in [7, 11) is 1.36. The molecule has 2 aromatic carbocycles. The number of methoxy groups -OCH3 is 1. The first-order valence-electron chi connectivity index (χ1n) is 11.3. The fourth-order valence-corrected chi connectivity index (χ4v) is 4.51. The van der Waals surface area contributed by atoms with Crippen LogP contribution in [-0.4, -0.2) is 62.5 Å². The van der Waals surface area contributed by atoms with Crippen molar-refractivity contribution < 1.29 is 32.2 Å². The Kier molecular flexibility index (Phi) is 8.38. The average molecular weight is 533 g/mol. The molecule has 194 valence electrons. The average Bonchev–Trinajstić information content (AvgIpc) is 3.23. The molecule has 2 aliphatic rings. The second-order valence-corrected chi connectivity index (χ2v) is 9.08. The molecule has 0 bridgehead atoms. The summed E-state index contributed by atoms with van der Waals surface area (Å²) in [6.45, 7) is 4.62. The van der Waals surface area contributed by atoms with Gasteiger partial charge in [0.05, 0.1) is 42.4 Å². The Hall–Kier alpha value is -3.53. The van der Waals surface area contributed by atoms with Crippen LogP contribution in [0.3, 0.4) is 0 Å². The van der Waals surface area contributed by atoms with Gasteiger partial charge in [-0.2, -0.15) is 23.4 Å². The van der Waals surface area contributed by atoms with E-state index in [2.05, 4.69) is 15.2 Å². The molecule has 37 heavy (non-hydrogen) atoms. The van der Waals surface area contributed by atoms with Crippen molar-refractivity contribution in [1.29, 1.82) is 5.26 Å². The number of ether oxygens (including phenoxy) is 3. The molecule has 8 nitrogen and oxygen atoms in total. The number of aliphatic imine (C=N–C) groups is 1. The van der Waals surface area contributed by atoms with Crippen LogP contribution in [0.2, 0.25) is 0 Å². The van der Waals surface area contributed by atoms with E-state index in [9.17, 15) is 18.0 Å². The third kappa shape index (κ3) is 6.82. The number of morpholine rings is 1. The second kappa shape index (κ2) is 11.7. The molecule has 1 amide bonds. The van der Waals surface area contributed by atoms with Crippen molar-refractivity contribution in [1.82, 2.24) is 10.2 Å². The highest BCUT2D eigenvalue weighted by molar-refractivity contribution is 8.18. The first-order chi connectivity index (χ1) is 17.8. The number of carbonyl (C=O) groups is 1. The summed E-state index contributed by atoms with van der Waals surface area (Å²) in [6.07, 6.45) is -3.09. The van der Waals surface area contributed by atoms with Gasteiger partial charge in [-0.15, -0.1) is 0 Å². The number of alkyl halides is 3. The fourth-order valence-electron chi connectivity index (χ4n) is 3.67. The van der Waals surface area contributed by atoms with Crippen LogP contribution < -0.4 is 14.8 Å². The third-order valence-electron chi connectivity index (χ3n) is 5.55. The molecule has 2 aliphatic heterocycles. The van der Waals surface area contributed by atoms with Gasteiger partial charge in [0, 0.05) is 26.2 Å². The minimum atomic E-state index is -4.71. The van der Waals surface area contributed by atoms with Gasteiger partial charge in [0.15, 0.2) is 16.7 Å². The number of benzene rings is 2. The molecule has 1 saturated heterocycles. The Morgan fingerprint density at radius 1 is 1.19 bits per heavy atom. The predicted octanol–water partition coefficient (Wildman–Crippen LogP) is 4.27. The lowest BCUT2D eigenvalue weighted by Gasteiger charge is -2.26. The molecular formula is C25H23F3N4O4S. The van der Waals surface area contributed by atoms with Crippen molar-refractivity contribution in [2.24, 2.45) is 4.99 Å². The quantitative estimate of drug-likeness (QED) is 0.529. The smallest absolute Gasteiger partial charge is 0.420 e. The molecule has 1 fully saturated rings. The number of rotatable bonds is 7. The molecule has 0 saturated carbocycles. The summed E-state index contributed by atoms with van der Waals surface area (Å²) in [4.78, 5) is 19.1. The highest BCUT2D eigenvalue weighted by Gasteiger charge is 2.35. The zero-order valence-electron chi connectivity index (χ0n) is 19.8. The van der Waals surface area contributed by atoms with Crippen LogP contribution in [0, 0.1) is 11.3 Å². The van der Waals surface area contributed by atoms with Crippen LogP contribution in [0.4, 0.5) is 13.2 Å². The molecule has 2 aromatic rings. The van der Waals surface area contributed by atoms with Crippen LogP contribution in [0.1, 0.15) is 16.7 Å². The van der Waals surface area contributed by atoms with Gasteiger partial charge in [-0.3, -0.25) is 9.69 Å². The number of amidine groups is 1. The molecule has 0 spiro atoms. The van der Waals surface area contributed by atoms with E-state index in [1.165, 1.54) is 31.0 Å². The van der Waals surface area contributed by atoms with E-state index in [0.717, 1.165) is 31.8 Å². The van der Waals surface area contributed by atoms with E-state index < -0.39 is 17.5 Å². The van der Waals surface area contributed by atoms with Crippen LogP contribution in [-0.2, 0) is 15.7 Å².